The van der Waals surface area contributed by atoms with Gasteiger partial charge in [0.1, 0.15) is 6.04 Å². The summed E-state index contributed by atoms with van der Waals surface area (Å²) >= 11 is 0. The summed E-state index contributed by atoms with van der Waals surface area (Å²) in [5, 5.41) is 3.01. The van der Waals surface area contributed by atoms with Gasteiger partial charge in [-0.2, -0.15) is 0 Å². The molecular weight excluding hydrogens is 376 g/mol. The van der Waals surface area contributed by atoms with Gasteiger partial charge in [-0.25, -0.2) is 0 Å². The zero-order valence-electron chi connectivity index (χ0n) is 18.3. The highest BCUT2D eigenvalue weighted by Crippen LogP contribution is 2.25. The van der Waals surface area contributed by atoms with Gasteiger partial charge in [-0.15, -0.1) is 0 Å². The Morgan fingerprint density at radius 2 is 1.63 bits per heavy atom. The van der Waals surface area contributed by atoms with Crippen molar-refractivity contribution in [1.82, 2.24) is 10.2 Å². The maximum atomic E-state index is 13.2. The van der Waals surface area contributed by atoms with Crippen LogP contribution in [0.1, 0.15) is 57.2 Å². The first-order valence-electron chi connectivity index (χ1n) is 10.8. The van der Waals surface area contributed by atoms with Crippen LogP contribution in [0.3, 0.4) is 0 Å². The van der Waals surface area contributed by atoms with Crippen molar-refractivity contribution in [1.29, 1.82) is 0 Å². The molecule has 30 heavy (non-hydrogen) atoms. The zero-order valence-corrected chi connectivity index (χ0v) is 18.3. The molecule has 2 rings (SSSR count). The summed E-state index contributed by atoms with van der Waals surface area (Å²) in [4.78, 5) is 28.0. The highest BCUT2D eigenvalue weighted by molar-refractivity contribution is 5.88. The molecule has 1 atom stereocenters. The molecule has 2 amide bonds. The molecule has 0 saturated heterocycles. The number of carbonyl (C=O) groups is 2. The molecule has 0 radical (unpaired) electrons. The summed E-state index contributed by atoms with van der Waals surface area (Å²) in [7, 11) is 0. The summed E-state index contributed by atoms with van der Waals surface area (Å²) in [5.74, 6) is -0.181. The summed E-state index contributed by atoms with van der Waals surface area (Å²) in [6.45, 7) is 7.45. The molecule has 0 aliphatic heterocycles. The molecule has 0 spiro atoms. The van der Waals surface area contributed by atoms with Crippen LogP contribution in [0.2, 0.25) is 0 Å². The van der Waals surface area contributed by atoms with Gasteiger partial charge in [-0.1, -0.05) is 67.6 Å². The van der Waals surface area contributed by atoms with E-state index in [2.05, 4.69) is 5.32 Å². The van der Waals surface area contributed by atoms with Crippen LogP contribution in [-0.4, -0.2) is 36.0 Å². The van der Waals surface area contributed by atoms with Gasteiger partial charge in [0.15, 0.2) is 0 Å². The second kappa shape index (κ2) is 12.8. The van der Waals surface area contributed by atoms with Crippen molar-refractivity contribution in [3.8, 4) is 0 Å². The Bertz CT molecular complexity index is 762. The largest absolute Gasteiger partial charge is 0.379 e. The number of rotatable bonds is 12. The predicted molar refractivity (Wildman–Crippen MR) is 120 cm³/mol. The van der Waals surface area contributed by atoms with Crippen LogP contribution in [-0.2, 0) is 20.9 Å². The van der Waals surface area contributed by atoms with E-state index < -0.39 is 6.04 Å². The van der Waals surface area contributed by atoms with Crippen LogP contribution in [0, 0.1) is 0 Å². The fourth-order valence-corrected chi connectivity index (χ4v) is 3.27. The molecule has 5 heteroatoms. The average molecular weight is 411 g/mol. The Balaban J connectivity index is 2.22. The quantitative estimate of drug-likeness (QED) is 0.525. The SMILES string of the molecule is CCCC(=O)N(Cc1ccccc1)C(C(=O)NCCCOC(C)C)c1ccccc1. The van der Waals surface area contributed by atoms with E-state index in [4.69, 9.17) is 4.74 Å². The number of amides is 2. The number of carbonyl (C=O) groups excluding carboxylic acids is 2. The van der Waals surface area contributed by atoms with Crippen molar-refractivity contribution < 1.29 is 14.3 Å². The number of hydrogen-bond donors (Lipinski definition) is 1. The van der Waals surface area contributed by atoms with E-state index in [0.29, 0.717) is 26.1 Å². The van der Waals surface area contributed by atoms with Crippen LogP contribution in [0.4, 0.5) is 0 Å². The summed E-state index contributed by atoms with van der Waals surface area (Å²) in [6, 6.07) is 18.7. The van der Waals surface area contributed by atoms with E-state index in [0.717, 1.165) is 24.0 Å². The maximum absolute atomic E-state index is 13.2. The van der Waals surface area contributed by atoms with Gasteiger partial charge in [0.25, 0.3) is 0 Å². The third-order valence-electron chi connectivity index (χ3n) is 4.73. The fourth-order valence-electron chi connectivity index (χ4n) is 3.27. The molecule has 0 aliphatic rings. The summed E-state index contributed by atoms with van der Waals surface area (Å²) < 4.78 is 5.55. The average Bonchev–Trinajstić information content (AvgIpc) is 2.74. The molecule has 0 aromatic heterocycles. The van der Waals surface area contributed by atoms with E-state index in [1.165, 1.54) is 0 Å². The van der Waals surface area contributed by atoms with Crippen LogP contribution in [0.15, 0.2) is 60.7 Å². The van der Waals surface area contributed by atoms with Crippen LogP contribution in [0.25, 0.3) is 0 Å². The van der Waals surface area contributed by atoms with E-state index in [9.17, 15) is 9.59 Å². The molecule has 162 valence electrons. The lowest BCUT2D eigenvalue weighted by molar-refractivity contribution is -0.141. The Kier molecular flexibility index (Phi) is 10.1. The lowest BCUT2D eigenvalue weighted by Crippen LogP contribution is -2.43. The van der Waals surface area contributed by atoms with Crippen LogP contribution in [0.5, 0.6) is 0 Å². The second-order valence-electron chi connectivity index (χ2n) is 7.63. The topological polar surface area (TPSA) is 58.6 Å². The van der Waals surface area contributed by atoms with Crippen molar-refractivity contribution in [2.45, 2.75) is 58.7 Å². The molecule has 1 N–H and O–H groups in total. The molecule has 2 aromatic rings. The van der Waals surface area contributed by atoms with Crippen LogP contribution >= 0.6 is 0 Å². The number of benzene rings is 2. The first kappa shape index (κ1) is 23.6. The smallest absolute Gasteiger partial charge is 0.247 e. The van der Waals surface area contributed by atoms with Gasteiger partial charge in [0.05, 0.1) is 6.10 Å². The van der Waals surface area contributed by atoms with E-state index in [1.54, 1.807) is 4.90 Å². The minimum absolute atomic E-state index is 0.0199. The Morgan fingerprint density at radius 1 is 1.00 bits per heavy atom. The van der Waals surface area contributed by atoms with Gasteiger partial charge in [-0.05, 0) is 37.8 Å². The van der Waals surface area contributed by atoms with Crippen molar-refractivity contribution in [2.24, 2.45) is 0 Å². The number of nitrogens with zero attached hydrogens (tertiary/aromatic N) is 1. The van der Waals surface area contributed by atoms with Crippen molar-refractivity contribution in [2.75, 3.05) is 13.2 Å². The fraction of sp³-hybridized carbons (Fsp3) is 0.440. The third-order valence-corrected chi connectivity index (χ3v) is 4.73. The third kappa shape index (κ3) is 7.64. The van der Waals surface area contributed by atoms with Gasteiger partial charge in [-0.3, -0.25) is 9.59 Å². The predicted octanol–water partition coefficient (Wildman–Crippen LogP) is 4.49. The first-order valence-corrected chi connectivity index (χ1v) is 10.8. The van der Waals surface area contributed by atoms with Gasteiger partial charge in [0, 0.05) is 26.1 Å². The number of hydrogen-bond acceptors (Lipinski definition) is 3. The minimum Gasteiger partial charge on any atom is -0.379 e. The Labute approximate surface area is 180 Å². The molecule has 5 nitrogen and oxygen atoms in total. The van der Waals surface area contributed by atoms with E-state index in [-0.39, 0.29) is 17.9 Å². The maximum Gasteiger partial charge on any atom is 0.247 e. The highest BCUT2D eigenvalue weighted by atomic mass is 16.5. The van der Waals surface area contributed by atoms with Gasteiger partial charge < -0.3 is 15.0 Å². The molecule has 2 aromatic carbocycles. The monoisotopic (exact) mass is 410 g/mol. The lowest BCUT2D eigenvalue weighted by Gasteiger charge is -2.31. The zero-order chi connectivity index (χ0) is 21.8. The van der Waals surface area contributed by atoms with Gasteiger partial charge >= 0.3 is 0 Å². The molecule has 0 aliphatic carbocycles. The number of nitrogens with one attached hydrogen (secondary N) is 1. The standard InChI is InChI=1S/C25H34N2O3/c1-4-12-23(28)27(19-21-13-7-5-8-14-21)24(22-15-9-6-10-16-22)25(29)26-17-11-18-30-20(2)3/h5-10,13-16,20,24H,4,11-12,17-19H2,1-3H3,(H,26,29). The van der Waals surface area contributed by atoms with Crippen LogP contribution < -0.4 is 5.32 Å². The highest BCUT2D eigenvalue weighted by Gasteiger charge is 2.30. The second-order valence-corrected chi connectivity index (χ2v) is 7.63. The minimum atomic E-state index is -0.670. The normalized spacial score (nSPS) is 11.9. The van der Waals surface area contributed by atoms with Crippen molar-refractivity contribution in [3.63, 3.8) is 0 Å². The summed E-state index contributed by atoms with van der Waals surface area (Å²) in [6.07, 6.45) is 2.05. The molecule has 0 heterocycles. The van der Waals surface area contributed by atoms with Crippen molar-refractivity contribution >= 4 is 11.8 Å². The number of ether oxygens (including phenoxy) is 1. The molecule has 1 unspecified atom stereocenters. The summed E-state index contributed by atoms with van der Waals surface area (Å²) in [5.41, 5.74) is 1.81. The molecule has 0 saturated carbocycles. The van der Waals surface area contributed by atoms with Crippen molar-refractivity contribution in [3.05, 3.63) is 71.8 Å². The van der Waals surface area contributed by atoms with Gasteiger partial charge in [0.2, 0.25) is 11.8 Å². The Morgan fingerprint density at radius 3 is 2.23 bits per heavy atom. The molecular formula is C25H34N2O3. The first-order chi connectivity index (χ1) is 14.5. The van der Waals surface area contributed by atoms with E-state index >= 15 is 0 Å². The Hall–Kier alpha value is -2.66. The van der Waals surface area contributed by atoms with E-state index in [1.807, 2.05) is 81.4 Å². The molecule has 0 bridgehead atoms. The molecule has 0 fully saturated rings. The lowest BCUT2D eigenvalue weighted by atomic mass is 10.0.